The molecule has 1 saturated heterocycles. The quantitative estimate of drug-likeness (QED) is 0.623. The van der Waals surface area contributed by atoms with Gasteiger partial charge in [0.15, 0.2) is 11.8 Å². The zero-order valence-corrected chi connectivity index (χ0v) is 16.6. The van der Waals surface area contributed by atoms with Gasteiger partial charge in [-0.3, -0.25) is 4.99 Å². The van der Waals surface area contributed by atoms with Crippen molar-refractivity contribution in [3.8, 4) is 0 Å². The van der Waals surface area contributed by atoms with Gasteiger partial charge < -0.3 is 15.4 Å². The van der Waals surface area contributed by atoms with E-state index in [4.69, 9.17) is 4.74 Å². The maximum Gasteiger partial charge on any atom is 0.191 e. The first-order chi connectivity index (χ1) is 13.2. The molecule has 27 heavy (non-hydrogen) atoms. The minimum atomic E-state index is 0.348. The Bertz CT molecular complexity index is 722. The van der Waals surface area contributed by atoms with E-state index in [-0.39, 0.29) is 0 Å². The van der Waals surface area contributed by atoms with E-state index in [1.54, 1.807) is 0 Å². The third-order valence-electron chi connectivity index (χ3n) is 7.36. The molecule has 4 aliphatic rings. The largest absolute Gasteiger partial charge is 0.377 e. The Kier molecular flexibility index (Phi) is 4.37. The molecule has 148 valence electrons. The molecular formula is C20H32N6O. The summed E-state index contributed by atoms with van der Waals surface area (Å²) in [6.07, 6.45) is 9.91. The van der Waals surface area contributed by atoms with E-state index in [1.165, 1.54) is 32.1 Å². The lowest BCUT2D eigenvalue weighted by atomic mass is 9.54. The zero-order chi connectivity index (χ0) is 18.4. The number of guanidine groups is 1. The van der Waals surface area contributed by atoms with Crippen LogP contribution >= 0.6 is 0 Å². The van der Waals surface area contributed by atoms with E-state index in [1.807, 2.05) is 7.05 Å². The van der Waals surface area contributed by atoms with Crippen molar-refractivity contribution in [2.45, 2.75) is 83.0 Å². The van der Waals surface area contributed by atoms with E-state index in [2.05, 4.69) is 37.3 Å². The second kappa shape index (κ2) is 6.76. The lowest BCUT2D eigenvalue weighted by Crippen LogP contribution is -2.69. The monoisotopic (exact) mass is 372 g/mol. The molecule has 7 heteroatoms. The van der Waals surface area contributed by atoms with Crippen molar-refractivity contribution in [3.63, 3.8) is 0 Å². The second-order valence-electron chi connectivity index (χ2n) is 8.74. The smallest absolute Gasteiger partial charge is 0.191 e. The van der Waals surface area contributed by atoms with Crippen molar-refractivity contribution in [2.24, 2.45) is 16.3 Å². The number of nitrogens with zero attached hydrogens (tertiary/aromatic N) is 4. The van der Waals surface area contributed by atoms with Gasteiger partial charge in [-0.15, -0.1) is 0 Å². The van der Waals surface area contributed by atoms with Crippen LogP contribution < -0.4 is 10.6 Å². The van der Waals surface area contributed by atoms with Gasteiger partial charge in [0.1, 0.15) is 5.82 Å². The molecule has 1 spiro atoms. The number of rotatable bonds is 3. The fourth-order valence-corrected chi connectivity index (χ4v) is 6.04. The lowest BCUT2D eigenvalue weighted by Gasteiger charge is -2.57. The number of hydrogen-bond acceptors (Lipinski definition) is 4. The molecule has 2 aliphatic heterocycles. The molecule has 3 fully saturated rings. The maximum atomic E-state index is 6.12. The number of aliphatic imine (C=N–C) groups is 1. The van der Waals surface area contributed by atoms with E-state index in [9.17, 15) is 0 Å². The van der Waals surface area contributed by atoms with E-state index in [0.717, 1.165) is 50.0 Å². The second-order valence-corrected chi connectivity index (χ2v) is 8.74. The van der Waals surface area contributed by atoms with Crippen LogP contribution in [-0.4, -0.2) is 52.6 Å². The Morgan fingerprint density at radius 3 is 2.93 bits per heavy atom. The van der Waals surface area contributed by atoms with Crippen molar-refractivity contribution in [3.05, 3.63) is 11.6 Å². The summed E-state index contributed by atoms with van der Waals surface area (Å²) in [6.45, 7) is 3.91. The van der Waals surface area contributed by atoms with Crippen molar-refractivity contribution >= 4 is 5.96 Å². The SMILES string of the molecule is CCc1nc2n(n1)CC(NC(=NC)NC1C3CCOC3C13CCCC3)CC2. The molecule has 5 rings (SSSR count). The van der Waals surface area contributed by atoms with Crippen molar-refractivity contribution in [2.75, 3.05) is 13.7 Å². The first kappa shape index (κ1) is 17.5. The average Bonchev–Trinajstić information content (AvgIpc) is 3.42. The van der Waals surface area contributed by atoms with Gasteiger partial charge in [0.05, 0.1) is 12.6 Å². The van der Waals surface area contributed by atoms with E-state index >= 15 is 0 Å². The van der Waals surface area contributed by atoms with Crippen LogP contribution in [0.4, 0.5) is 0 Å². The van der Waals surface area contributed by atoms with Crippen LogP contribution in [0.15, 0.2) is 4.99 Å². The Morgan fingerprint density at radius 2 is 2.15 bits per heavy atom. The van der Waals surface area contributed by atoms with Crippen LogP contribution in [-0.2, 0) is 24.1 Å². The van der Waals surface area contributed by atoms with Crippen molar-refractivity contribution in [1.29, 1.82) is 0 Å². The Labute approximate surface area is 161 Å². The summed E-state index contributed by atoms with van der Waals surface area (Å²) in [7, 11) is 1.89. The number of ether oxygens (including phenoxy) is 1. The first-order valence-corrected chi connectivity index (χ1v) is 10.8. The topological polar surface area (TPSA) is 76.4 Å². The van der Waals surface area contributed by atoms with Crippen LogP contribution in [0.3, 0.4) is 0 Å². The number of aromatic nitrogens is 3. The number of fused-ring (bicyclic) bond motifs is 3. The number of nitrogens with one attached hydrogen (secondary N) is 2. The highest BCUT2D eigenvalue weighted by molar-refractivity contribution is 5.80. The van der Waals surface area contributed by atoms with Crippen molar-refractivity contribution in [1.82, 2.24) is 25.4 Å². The number of hydrogen-bond donors (Lipinski definition) is 2. The van der Waals surface area contributed by atoms with Crippen LogP contribution in [0.1, 0.15) is 57.1 Å². The number of aryl methyl sites for hydroxylation is 2. The highest BCUT2D eigenvalue weighted by atomic mass is 16.5. The fraction of sp³-hybridized carbons (Fsp3) is 0.850. The predicted molar refractivity (Wildman–Crippen MR) is 104 cm³/mol. The molecule has 1 aromatic rings. The lowest BCUT2D eigenvalue weighted by molar-refractivity contribution is -0.125. The summed E-state index contributed by atoms with van der Waals surface area (Å²) in [5.41, 5.74) is 0.348. The van der Waals surface area contributed by atoms with Crippen LogP contribution in [0.25, 0.3) is 0 Å². The molecule has 2 saturated carbocycles. The summed E-state index contributed by atoms with van der Waals surface area (Å²) >= 11 is 0. The van der Waals surface area contributed by atoms with Gasteiger partial charge in [-0.2, -0.15) is 5.10 Å². The summed E-state index contributed by atoms with van der Waals surface area (Å²) < 4.78 is 8.20. The normalized spacial score (nSPS) is 34.2. The van der Waals surface area contributed by atoms with Gasteiger partial charge in [-0.05, 0) is 25.7 Å². The maximum absolute atomic E-state index is 6.12. The summed E-state index contributed by atoms with van der Waals surface area (Å²) in [5.74, 6) is 3.68. The van der Waals surface area contributed by atoms with Crippen LogP contribution in [0.5, 0.6) is 0 Å². The van der Waals surface area contributed by atoms with E-state index < -0.39 is 0 Å². The van der Waals surface area contributed by atoms with Crippen molar-refractivity contribution < 1.29 is 4.74 Å². The zero-order valence-electron chi connectivity index (χ0n) is 16.6. The Balaban J connectivity index is 1.25. The highest BCUT2D eigenvalue weighted by Gasteiger charge is 2.65. The first-order valence-electron chi connectivity index (χ1n) is 10.8. The molecule has 7 nitrogen and oxygen atoms in total. The average molecular weight is 373 g/mol. The highest BCUT2D eigenvalue weighted by Crippen LogP contribution is 2.60. The molecule has 3 heterocycles. The molecular weight excluding hydrogens is 340 g/mol. The molecule has 2 N–H and O–H groups in total. The van der Waals surface area contributed by atoms with Gasteiger partial charge in [-0.25, -0.2) is 9.67 Å². The third kappa shape index (κ3) is 2.77. The molecule has 1 aromatic heterocycles. The summed E-state index contributed by atoms with van der Waals surface area (Å²) in [4.78, 5) is 9.18. The minimum absolute atomic E-state index is 0.348. The molecule has 0 amide bonds. The van der Waals surface area contributed by atoms with Crippen LogP contribution in [0, 0.1) is 11.3 Å². The van der Waals surface area contributed by atoms with Crippen LogP contribution in [0.2, 0.25) is 0 Å². The Hall–Kier alpha value is -1.63. The molecule has 0 bridgehead atoms. The van der Waals surface area contributed by atoms with Gasteiger partial charge in [0, 0.05) is 49.9 Å². The molecule has 4 unspecified atom stereocenters. The van der Waals surface area contributed by atoms with Gasteiger partial charge >= 0.3 is 0 Å². The summed E-state index contributed by atoms with van der Waals surface area (Å²) in [6, 6.07) is 0.862. The fourth-order valence-electron chi connectivity index (χ4n) is 6.04. The third-order valence-corrected chi connectivity index (χ3v) is 7.36. The van der Waals surface area contributed by atoms with E-state index in [0.29, 0.717) is 29.5 Å². The summed E-state index contributed by atoms with van der Waals surface area (Å²) in [5, 5.41) is 12.1. The molecule has 0 aromatic carbocycles. The predicted octanol–water partition coefficient (Wildman–Crippen LogP) is 1.67. The Morgan fingerprint density at radius 1 is 1.30 bits per heavy atom. The molecule has 0 radical (unpaired) electrons. The molecule has 2 aliphatic carbocycles. The van der Waals surface area contributed by atoms with Gasteiger partial charge in [0.25, 0.3) is 0 Å². The standard InChI is InChI=1S/C20H32N6O/c1-3-15-23-16-7-6-13(12-26(16)25-15)22-19(21-2)24-17-14-8-11-27-18(14)20(17)9-4-5-10-20/h13-14,17-18H,3-12H2,1-2H3,(H2,21,22,24). The molecule has 4 atom stereocenters. The van der Waals surface area contributed by atoms with Gasteiger partial charge in [0.2, 0.25) is 0 Å². The van der Waals surface area contributed by atoms with Gasteiger partial charge in [-0.1, -0.05) is 19.8 Å². The minimum Gasteiger partial charge on any atom is -0.377 e.